The predicted octanol–water partition coefficient (Wildman–Crippen LogP) is 2.67. The summed E-state index contributed by atoms with van der Waals surface area (Å²) < 4.78 is 1.71. The number of halogens is 1. The average Bonchev–Trinajstić information content (AvgIpc) is 2.65. The molecule has 1 unspecified atom stereocenters. The molecule has 80 valence electrons. The van der Waals surface area contributed by atoms with Gasteiger partial charge in [-0.15, -0.1) is 11.8 Å². The molecule has 2 heterocycles. The number of rotatable bonds is 3. The predicted molar refractivity (Wildman–Crippen MR) is 61.4 cm³/mol. The molecule has 2 aromatic heterocycles. The van der Waals surface area contributed by atoms with Crippen LogP contribution in [0.3, 0.4) is 0 Å². The van der Waals surface area contributed by atoms with Crippen molar-refractivity contribution in [2.75, 3.05) is 0 Å². The Morgan fingerprint density at radius 2 is 2.40 bits per heavy atom. The first-order chi connectivity index (χ1) is 7.20. The molecule has 2 rings (SSSR count). The maximum Gasteiger partial charge on any atom is 0.254 e. The van der Waals surface area contributed by atoms with Gasteiger partial charge in [0.15, 0.2) is 0 Å². The number of hydrogen-bond acceptors (Lipinski definition) is 4. The number of aromatic nitrogens is 4. The molecule has 0 aromatic carbocycles. The van der Waals surface area contributed by atoms with Crippen LogP contribution in [0.2, 0.25) is 5.15 Å². The molecule has 0 fully saturated rings. The average molecular weight is 243 g/mol. The molecule has 0 bridgehead atoms. The molecule has 6 heteroatoms. The zero-order valence-electron chi connectivity index (χ0n) is 8.51. The van der Waals surface area contributed by atoms with Crippen molar-refractivity contribution < 1.29 is 0 Å². The van der Waals surface area contributed by atoms with Crippen molar-refractivity contribution in [1.29, 1.82) is 0 Å². The van der Waals surface area contributed by atoms with E-state index >= 15 is 0 Å². The summed E-state index contributed by atoms with van der Waals surface area (Å²) in [7, 11) is 0. The molecule has 15 heavy (non-hydrogen) atoms. The first-order valence-electron chi connectivity index (χ1n) is 4.73. The number of hydrogen-bond donors (Lipinski definition) is 0. The number of thioether (sulfide) groups is 1. The normalized spacial score (nSPS) is 13.3. The highest BCUT2D eigenvalue weighted by Gasteiger charge is 2.09. The molecule has 0 aliphatic heterocycles. The highest BCUT2D eigenvalue weighted by atomic mass is 35.5. The SMILES string of the molecule is CCC(C)Sc1cc(Cl)nc2ncnn12. The topological polar surface area (TPSA) is 43.1 Å². The van der Waals surface area contributed by atoms with Crippen LogP contribution in [0.1, 0.15) is 20.3 Å². The fourth-order valence-electron chi connectivity index (χ4n) is 1.13. The van der Waals surface area contributed by atoms with E-state index in [9.17, 15) is 0 Å². The fourth-order valence-corrected chi connectivity index (χ4v) is 2.36. The van der Waals surface area contributed by atoms with E-state index in [0.717, 1.165) is 11.4 Å². The van der Waals surface area contributed by atoms with Crippen LogP contribution in [-0.2, 0) is 0 Å². The van der Waals surface area contributed by atoms with Crippen molar-refractivity contribution in [3.8, 4) is 0 Å². The quantitative estimate of drug-likeness (QED) is 0.613. The number of fused-ring (bicyclic) bond motifs is 1. The Kier molecular flexibility index (Phi) is 3.11. The maximum atomic E-state index is 5.90. The van der Waals surface area contributed by atoms with Crippen molar-refractivity contribution >= 4 is 29.1 Å². The summed E-state index contributed by atoms with van der Waals surface area (Å²) in [5.74, 6) is 0.549. The van der Waals surface area contributed by atoms with Gasteiger partial charge in [-0.25, -0.2) is 0 Å². The van der Waals surface area contributed by atoms with Gasteiger partial charge in [-0.3, -0.25) is 0 Å². The van der Waals surface area contributed by atoms with Crippen molar-refractivity contribution in [1.82, 2.24) is 19.6 Å². The molecule has 0 saturated carbocycles. The second-order valence-corrected chi connectivity index (χ2v) is 5.07. The second-order valence-electron chi connectivity index (χ2n) is 3.23. The lowest BCUT2D eigenvalue weighted by Crippen LogP contribution is -2.00. The molecule has 0 aliphatic rings. The van der Waals surface area contributed by atoms with Gasteiger partial charge in [0.05, 0.1) is 0 Å². The minimum atomic E-state index is 0.460. The van der Waals surface area contributed by atoms with E-state index in [0.29, 0.717) is 16.2 Å². The third kappa shape index (κ3) is 2.23. The number of nitrogens with zero attached hydrogens (tertiary/aromatic N) is 4. The molecule has 0 N–H and O–H groups in total. The summed E-state index contributed by atoms with van der Waals surface area (Å²) in [4.78, 5) is 8.09. The van der Waals surface area contributed by atoms with Crippen molar-refractivity contribution in [3.63, 3.8) is 0 Å². The molecular formula is C9H11ClN4S. The highest BCUT2D eigenvalue weighted by molar-refractivity contribution is 7.99. The van der Waals surface area contributed by atoms with Crippen LogP contribution in [-0.4, -0.2) is 24.8 Å². The van der Waals surface area contributed by atoms with E-state index in [4.69, 9.17) is 11.6 Å². The van der Waals surface area contributed by atoms with E-state index in [1.807, 2.05) is 6.07 Å². The maximum absolute atomic E-state index is 5.90. The van der Waals surface area contributed by atoms with E-state index in [1.54, 1.807) is 16.3 Å². The second kappa shape index (κ2) is 4.37. The van der Waals surface area contributed by atoms with Gasteiger partial charge in [-0.2, -0.15) is 19.6 Å². The molecule has 0 saturated heterocycles. The fraction of sp³-hybridized carbons (Fsp3) is 0.444. The third-order valence-electron chi connectivity index (χ3n) is 2.08. The lowest BCUT2D eigenvalue weighted by molar-refractivity contribution is 0.829. The smallest absolute Gasteiger partial charge is 0.199 e. The van der Waals surface area contributed by atoms with Gasteiger partial charge in [0, 0.05) is 11.3 Å². The van der Waals surface area contributed by atoms with Gasteiger partial charge in [0.1, 0.15) is 16.5 Å². The summed E-state index contributed by atoms with van der Waals surface area (Å²) in [6.07, 6.45) is 2.58. The Balaban J connectivity index is 2.44. The lowest BCUT2D eigenvalue weighted by atomic mass is 10.4. The summed E-state index contributed by atoms with van der Waals surface area (Å²) >= 11 is 7.63. The molecule has 2 aromatic rings. The lowest BCUT2D eigenvalue weighted by Gasteiger charge is -2.08. The summed E-state index contributed by atoms with van der Waals surface area (Å²) in [6, 6.07) is 1.82. The Labute approximate surface area is 97.1 Å². The Morgan fingerprint density at radius 1 is 1.60 bits per heavy atom. The van der Waals surface area contributed by atoms with Gasteiger partial charge in [0.2, 0.25) is 0 Å². The van der Waals surface area contributed by atoms with Crippen LogP contribution in [0.5, 0.6) is 0 Å². The summed E-state index contributed by atoms with van der Waals surface area (Å²) in [5, 5.41) is 6.08. The Bertz CT molecular complexity index is 470. The van der Waals surface area contributed by atoms with Gasteiger partial charge in [0.25, 0.3) is 5.78 Å². The van der Waals surface area contributed by atoms with Crippen LogP contribution in [0, 0.1) is 0 Å². The minimum absolute atomic E-state index is 0.460. The Hall–Kier alpha value is -0.810. The zero-order valence-corrected chi connectivity index (χ0v) is 10.1. The highest BCUT2D eigenvalue weighted by Crippen LogP contribution is 2.26. The van der Waals surface area contributed by atoms with Crippen molar-refractivity contribution in [2.24, 2.45) is 0 Å². The first kappa shape index (κ1) is 10.7. The largest absolute Gasteiger partial charge is 0.254 e. The van der Waals surface area contributed by atoms with E-state index in [1.165, 1.54) is 6.33 Å². The van der Waals surface area contributed by atoms with Gasteiger partial charge < -0.3 is 0 Å². The van der Waals surface area contributed by atoms with E-state index in [2.05, 4.69) is 28.9 Å². The monoisotopic (exact) mass is 242 g/mol. The molecule has 0 radical (unpaired) electrons. The Morgan fingerprint density at radius 3 is 3.13 bits per heavy atom. The molecule has 0 aliphatic carbocycles. The first-order valence-corrected chi connectivity index (χ1v) is 5.99. The molecule has 4 nitrogen and oxygen atoms in total. The van der Waals surface area contributed by atoms with Crippen LogP contribution in [0.25, 0.3) is 5.78 Å². The van der Waals surface area contributed by atoms with Gasteiger partial charge in [-0.1, -0.05) is 25.4 Å². The third-order valence-corrected chi connectivity index (χ3v) is 3.55. The minimum Gasteiger partial charge on any atom is -0.199 e. The molecule has 0 spiro atoms. The van der Waals surface area contributed by atoms with E-state index in [-0.39, 0.29) is 0 Å². The van der Waals surface area contributed by atoms with Gasteiger partial charge in [-0.05, 0) is 6.42 Å². The summed E-state index contributed by atoms with van der Waals surface area (Å²) in [5.41, 5.74) is 0. The zero-order chi connectivity index (χ0) is 10.8. The standard InChI is InChI=1S/C9H11ClN4S/c1-3-6(2)15-8-4-7(10)13-9-11-5-12-14(8)9/h4-6H,3H2,1-2H3. The van der Waals surface area contributed by atoms with E-state index < -0.39 is 0 Å². The molecule has 1 atom stereocenters. The van der Waals surface area contributed by atoms with Crippen molar-refractivity contribution in [3.05, 3.63) is 17.5 Å². The molecular weight excluding hydrogens is 232 g/mol. The van der Waals surface area contributed by atoms with Gasteiger partial charge >= 0.3 is 0 Å². The molecule has 0 amide bonds. The van der Waals surface area contributed by atoms with Crippen LogP contribution >= 0.6 is 23.4 Å². The van der Waals surface area contributed by atoms with Crippen LogP contribution in [0.4, 0.5) is 0 Å². The van der Waals surface area contributed by atoms with Crippen LogP contribution in [0.15, 0.2) is 17.4 Å². The summed E-state index contributed by atoms with van der Waals surface area (Å²) in [6.45, 7) is 4.32. The van der Waals surface area contributed by atoms with Crippen molar-refractivity contribution in [2.45, 2.75) is 30.5 Å². The van der Waals surface area contributed by atoms with Crippen LogP contribution < -0.4 is 0 Å².